The summed E-state index contributed by atoms with van der Waals surface area (Å²) in [5.41, 5.74) is 2.77. The Kier molecular flexibility index (Phi) is 6.55. The molecule has 2 aromatic rings. The monoisotopic (exact) mass is 388 g/mol. The largest absolute Gasteiger partial charge is 0.326 e. The number of carbonyl (C=O) groups is 2. The Morgan fingerprint density at radius 3 is 2.42 bits per heavy atom. The van der Waals surface area contributed by atoms with Crippen LogP contribution in [0.1, 0.15) is 25.8 Å². The lowest BCUT2D eigenvalue weighted by molar-refractivity contribution is -0.117. The summed E-state index contributed by atoms with van der Waals surface area (Å²) >= 11 is 3.40. The summed E-state index contributed by atoms with van der Waals surface area (Å²) in [5, 5.41) is 2.86. The number of aryl methyl sites for hydroxylation is 1. The summed E-state index contributed by atoms with van der Waals surface area (Å²) in [6, 6.07) is 15.3. The summed E-state index contributed by atoms with van der Waals surface area (Å²) in [7, 11) is 0. The van der Waals surface area contributed by atoms with Crippen molar-refractivity contribution in [2.75, 3.05) is 16.8 Å². The molecule has 0 aliphatic carbocycles. The van der Waals surface area contributed by atoms with E-state index in [0.717, 1.165) is 22.3 Å². The van der Waals surface area contributed by atoms with Crippen LogP contribution in [0.15, 0.2) is 53.0 Å². The third kappa shape index (κ3) is 5.20. The number of rotatable bonds is 6. The van der Waals surface area contributed by atoms with Crippen LogP contribution in [0, 0.1) is 0 Å². The van der Waals surface area contributed by atoms with Gasteiger partial charge in [0.15, 0.2) is 0 Å². The van der Waals surface area contributed by atoms with Gasteiger partial charge in [0.2, 0.25) is 11.8 Å². The quantitative estimate of drug-likeness (QED) is 0.797. The van der Waals surface area contributed by atoms with Gasteiger partial charge in [0.1, 0.15) is 0 Å². The Labute approximate surface area is 151 Å². The first-order chi connectivity index (χ1) is 11.5. The number of anilines is 2. The van der Waals surface area contributed by atoms with Gasteiger partial charge in [-0.25, -0.2) is 0 Å². The zero-order valence-corrected chi connectivity index (χ0v) is 15.5. The Hall–Kier alpha value is -2.14. The van der Waals surface area contributed by atoms with Gasteiger partial charge in [0, 0.05) is 35.7 Å². The van der Waals surface area contributed by atoms with Crippen molar-refractivity contribution in [3.8, 4) is 0 Å². The van der Waals surface area contributed by atoms with Gasteiger partial charge in [0.05, 0.1) is 0 Å². The molecule has 0 aromatic heterocycles. The first kappa shape index (κ1) is 18.2. The molecule has 24 heavy (non-hydrogen) atoms. The lowest BCUT2D eigenvalue weighted by atomic mass is 10.1. The maximum Gasteiger partial charge on any atom is 0.226 e. The average Bonchev–Trinajstić information content (AvgIpc) is 2.55. The van der Waals surface area contributed by atoms with Crippen molar-refractivity contribution in [1.29, 1.82) is 0 Å². The van der Waals surface area contributed by atoms with Crippen molar-refractivity contribution < 1.29 is 9.59 Å². The van der Waals surface area contributed by atoms with E-state index in [0.29, 0.717) is 6.54 Å². The van der Waals surface area contributed by atoms with E-state index >= 15 is 0 Å². The lowest BCUT2D eigenvalue weighted by Crippen LogP contribution is -2.31. The van der Waals surface area contributed by atoms with Gasteiger partial charge in [-0.1, -0.05) is 41.1 Å². The van der Waals surface area contributed by atoms with Crippen LogP contribution in [-0.2, 0) is 16.0 Å². The van der Waals surface area contributed by atoms with Crippen LogP contribution < -0.4 is 10.2 Å². The lowest BCUT2D eigenvalue weighted by Gasteiger charge is -2.21. The molecule has 0 saturated carbocycles. The Morgan fingerprint density at radius 2 is 1.83 bits per heavy atom. The van der Waals surface area contributed by atoms with E-state index in [9.17, 15) is 9.59 Å². The SMILES string of the molecule is CCc1ccc(NC(=O)CCN(C(C)=O)c2cccc(Br)c2)cc1. The van der Waals surface area contributed by atoms with Gasteiger partial charge < -0.3 is 10.2 Å². The molecular weight excluding hydrogens is 368 g/mol. The molecule has 0 bridgehead atoms. The number of hydrogen-bond acceptors (Lipinski definition) is 2. The number of amides is 2. The summed E-state index contributed by atoms with van der Waals surface area (Å²) in [4.78, 5) is 25.6. The highest BCUT2D eigenvalue weighted by Gasteiger charge is 2.13. The van der Waals surface area contributed by atoms with Crippen molar-refractivity contribution in [2.24, 2.45) is 0 Å². The summed E-state index contributed by atoms with van der Waals surface area (Å²) in [5.74, 6) is -0.200. The molecule has 126 valence electrons. The summed E-state index contributed by atoms with van der Waals surface area (Å²) < 4.78 is 0.895. The second kappa shape index (κ2) is 8.64. The van der Waals surface area contributed by atoms with Crippen LogP contribution in [0.5, 0.6) is 0 Å². The minimum absolute atomic E-state index is 0.0896. The number of carbonyl (C=O) groups excluding carboxylic acids is 2. The predicted octanol–water partition coefficient (Wildman–Crippen LogP) is 4.39. The van der Waals surface area contributed by atoms with Crippen molar-refractivity contribution in [3.05, 3.63) is 58.6 Å². The zero-order valence-electron chi connectivity index (χ0n) is 13.9. The Morgan fingerprint density at radius 1 is 1.12 bits per heavy atom. The fraction of sp³-hybridized carbons (Fsp3) is 0.263. The molecule has 2 amide bonds. The molecule has 0 radical (unpaired) electrons. The van der Waals surface area contributed by atoms with E-state index in [1.807, 2.05) is 48.5 Å². The number of benzene rings is 2. The third-order valence-corrected chi connectivity index (χ3v) is 4.20. The molecule has 0 heterocycles. The number of hydrogen-bond donors (Lipinski definition) is 1. The Balaban J connectivity index is 1.96. The van der Waals surface area contributed by atoms with E-state index in [4.69, 9.17) is 0 Å². The van der Waals surface area contributed by atoms with Gasteiger partial charge >= 0.3 is 0 Å². The molecular formula is C19H21BrN2O2. The molecule has 5 heteroatoms. The number of nitrogens with one attached hydrogen (secondary N) is 1. The topological polar surface area (TPSA) is 49.4 Å². The third-order valence-electron chi connectivity index (χ3n) is 3.71. The molecule has 4 nitrogen and oxygen atoms in total. The highest BCUT2D eigenvalue weighted by molar-refractivity contribution is 9.10. The van der Waals surface area contributed by atoms with Crippen molar-refractivity contribution in [1.82, 2.24) is 0 Å². The normalized spacial score (nSPS) is 10.3. The van der Waals surface area contributed by atoms with Gasteiger partial charge in [-0.15, -0.1) is 0 Å². The molecule has 0 spiro atoms. The van der Waals surface area contributed by atoms with Gasteiger partial charge in [-0.3, -0.25) is 9.59 Å². The molecule has 0 fully saturated rings. The van der Waals surface area contributed by atoms with Crippen molar-refractivity contribution >= 4 is 39.1 Å². The van der Waals surface area contributed by atoms with Crippen LogP contribution in [0.3, 0.4) is 0 Å². The van der Waals surface area contributed by atoms with Crippen LogP contribution in [0.2, 0.25) is 0 Å². The standard InChI is InChI=1S/C19H21BrN2O2/c1-3-15-7-9-17(10-8-15)21-19(24)11-12-22(14(2)23)18-6-4-5-16(20)13-18/h4-10,13H,3,11-12H2,1-2H3,(H,21,24). The molecule has 2 rings (SSSR count). The van der Waals surface area contributed by atoms with Gasteiger partial charge in [0.25, 0.3) is 0 Å². The maximum atomic E-state index is 12.1. The molecule has 0 atom stereocenters. The first-order valence-corrected chi connectivity index (χ1v) is 8.71. The predicted molar refractivity (Wildman–Crippen MR) is 101 cm³/mol. The summed E-state index contributed by atoms with van der Waals surface area (Å²) in [6.07, 6.45) is 1.20. The fourth-order valence-corrected chi connectivity index (χ4v) is 2.76. The molecule has 0 aliphatic rings. The van der Waals surface area contributed by atoms with Gasteiger partial charge in [-0.2, -0.15) is 0 Å². The molecule has 0 saturated heterocycles. The van der Waals surface area contributed by atoms with E-state index in [1.54, 1.807) is 4.90 Å². The highest BCUT2D eigenvalue weighted by atomic mass is 79.9. The second-order valence-corrected chi connectivity index (χ2v) is 6.41. The minimum Gasteiger partial charge on any atom is -0.326 e. The van der Waals surface area contributed by atoms with Crippen LogP contribution in [0.4, 0.5) is 11.4 Å². The molecule has 0 unspecified atom stereocenters. The van der Waals surface area contributed by atoms with Crippen molar-refractivity contribution in [3.63, 3.8) is 0 Å². The van der Waals surface area contributed by atoms with Crippen molar-refractivity contribution in [2.45, 2.75) is 26.7 Å². The number of nitrogens with zero attached hydrogens (tertiary/aromatic N) is 1. The van der Waals surface area contributed by atoms with Crippen LogP contribution in [-0.4, -0.2) is 18.4 Å². The van der Waals surface area contributed by atoms with E-state index in [1.165, 1.54) is 12.5 Å². The van der Waals surface area contributed by atoms with Crippen LogP contribution in [0.25, 0.3) is 0 Å². The second-order valence-electron chi connectivity index (χ2n) is 5.50. The molecule has 2 aromatic carbocycles. The number of halogens is 1. The maximum absolute atomic E-state index is 12.1. The van der Waals surface area contributed by atoms with E-state index in [2.05, 4.69) is 28.2 Å². The average molecular weight is 389 g/mol. The zero-order chi connectivity index (χ0) is 17.5. The fourth-order valence-electron chi connectivity index (χ4n) is 2.37. The Bertz CT molecular complexity index is 714. The summed E-state index contributed by atoms with van der Waals surface area (Å²) in [6.45, 7) is 3.93. The highest BCUT2D eigenvalue weighted by Crippen LogP contribution is 2.20. The molecule has 0 aliphatic heterocycles. The molecule has 1 N–H and O–H groups in total. The van der Waals surface area contributed by atoms with Gasteiger partial charge in [-0.05, 0) is 42.3 Å². The smallest absolute Gasteiger partial charge is 0.226 e. The first-order valence-electron chi connectivity index (χ1n) is 7.92. The van der Waals surface area contributed by atoms with E-state index < -0.39 is 0 Å². The van der Waals surface area contributed by atoms with Crippen LogP contribution >= 0.6 is 15.9 Å². The van der Waals surface area contributed by atoms with E-state index in [-0.39, 0.29) is 18.2 Å². The minimum atomic E-state index is -0.111.